The zero-order chi connectivity index (χ0) is 11.7. The van der Waals surface area contributed by atoms with Crippen LogP contribution in [0.3, 0.4) is 0 Å². The third kappa shape index (κ3) is 2.12. The lowest BCUT2D eigenvalue weighted by atomic mass is 10.00. The molecule has 2 heteroatoms. The fourth-order valence-electron chi connectivity index (χ4n) is 3.68. The van der Waals surface area contributed by atoms with Gasteiger partial charge in [-0.3, -0.25) is 4.90 Å². The van der Waals surface area contributed by atoms with Crippen molar-refractivity contribution >= 4 is 0 Å². The maximum Gasteiger partial charge on any atom is 0.0508 e. The van der Waals surface area contributed by atoms with Crippen molar-refractivity contribution in [3.63, 3.8) is 0 Å². The van der Waals surface area contributed by atoms with Crippen LogP contribution < -0.4 is 0 Å². The molecule has 1 aromatic rings. The Hall–Kier alpha value is -0.860. The van der Waals surface area contributed by atoms with Crippen LogP contribution in [0, 0.1) is 11.8 Å². The summed E-state index contributed by atoms with van der Waals surface area (Å²) >= 11 is 0. The highest BCUT2D eigenvalue weighted by molar-refractivity contribution is 5.15. The molecule has 1 saturated heterocycles. The molecule has 0 amide bonds. The quantitative estimate of drug-likeness (QED) is 0.789. The van der Waals surface area contributed by atoms with Gasteiger partial charge in [-0.25, -0.2) is 0 Å². The molecule has 0 N–H and O–H groups in total. The minimum absolute atomic E-state index is 0.764. The molecule has 2 fully saturated rings. The zero-order valence-electron chi connectivity index (χ0n) is 10.5. The molecule has 1 aromatic carbocycles. The molecule has 2 aliphatic rings. The van der Waals surface area contributed by atoms with Crippen LogP contribution in [0.15, 0.2) is 30.3 Å². The lowest BCUT2D eigenvalue weighted by Crippen LogP contribution is -2.33. The number of ether oxygens (including phenoxy) is 1. The van der Waals surface area contributed by atoms with E-state index in [0.717, 1.165) is 31.0 Å². The first-order valence-corrected chi connectivity index (χ1v) is 6.65. The van der Waals surface area contributed by atoms with Crippen molar-refractivity contribution in [2.75, 3.05) is 20.3 Å². The Labute approximate surface area is 104 Å². The fraction of sp³-hybridized carbons (Fsp3) is 0.600. The Morgan fingerprint density at radius 2 is 2.06 bits per heavy atom. The summed E-state index contributed by atoms with van der Waals surface area (Å²) < 4.78 is 5.38. The Bertz CT molecular complexity index is 364. The van der Waals surface area contributed by atoms with E-state index >= 15 is 0 Å². The van der Waals surface area contributed by atoms with Crippen LogP contribution in [0.2, 0.25) is 0 Å². The summed E-state index contributed by atoms with van der Waals surface area (Å²) in [5.74, 6) is 1.66. The van der Waals surface area contributed by atoms with E-state index in [0.29, 0.717) is 0 Å². The number of benzene rings is 1. The van der Waals surface area contributed by atoms with Crippen LogP contribution in [-0.4, -0.2) is 31.2 Å². The summed E-state index contributed by atoms with van der Waals surface area (Å²) in [5, 5.41) is 0. The van der Waals surface area contributed by atoms with Gasteiger partial charge in [0.15, 0.2) is 0 Å². The molecular weight excluding hydrogens is 210 g/mol. The first kappa shape index (κ1) is 11.2. The van der Waals surface area contributed by atoms with E-state index in [1.165, 1.54) is 24.9 Å². The largest absolute Gasteiger partial charge is 0.384 e. The van der Waals surface area contributed by atoms with Crippen LogP contribution in [0.5, 0.6) is 0 Å². The number of hydrogen-bond donors (Lipinski definition) is 0. The molecule has 0 radical (unpaired) electrons. The third-order valence-electron chi connectivity index (χ3n) is 4.46. The van der Waals surface area contributed by atoms with Crippen molar-refractivity contribution in [3.05, 3.63) is 35.9 Å². The maximum absolute atomic E-state index is 5.38. The zero-order valence-corrected chi connectivity index (χ0v) is 10.5. The van der Waals surface area contributed by atoms with Crippen LogP contribution in [-0.2, 0) is 11.3 Å². The lowest BCUT2D eigenvalue weighted by molar-refractivity contribution is 0.126. The number of nitrogens with zero attached hydrogens (tertiary/aromatic N) is 1. The van der Waals surface area contributed by atoms with Gasteiger partial charge >= 0.3 is 0 Å². The predicted molar refractivity (Wildman–Crippen MR) is 68.7 cm³/mol. The van der Waals surface area contributed by atoms with E-state index in [1.807, 2.05) is 7.11 Å². The molecule has 3 atom stereocenters. The third-order valence-corrected chi connectivity index (χ3v) is 4.46. The number of piperidine rings is 1. The van der Waals surface area contributed by atoms with Gasteiger partial charge in [0.1, 0.15) is 0 Å². The molecular formula is C15H21NO. The first-order chi connectivity index (χ1) is 8.38. The number of rotatable bonds is 4. The summed E-state index contributed by atoms with van der Waals surface area (Å²) in [7, 11) is 1.83. The predicted octanol–water partition coefficient (Wildman–Crippen LogP) is 2.54. The van der Waals surface area contributed by atoms with Gasteiger partial charge in [-0.2, -0.15) is 0 Å². The highest BCUT2D eigenvalue weighted by Crippen LogP contribution is 2.43. The molecule has 1 saturated carbocycles. The minimum atomic E-state index is 0.764. The number of fused-ring (bicyclic) bond motifs is 2. The number of hydrogen-bond acceptors (Lipinski definition) is 2. The van der Waals surface area contributed by atoms with Gasteiger partial charge in [-0.1, -0.05) is 30.3 Å². The molecule has 0 aromatic heterocycles. The van der Waals surface area contributed by atoms with Crippen molar-refractivity contribution < 1.29 is 4.74 Å². The summed E-state index contributed by atoms with van der Waals surface area (Å²) in [6, 6.07) is 11.6. The van der Waals surface area contributed by atoms with E-state index < -0.39 is 0 Å². The van der Waals surface area contributed by atoms with Gasteiger partial charge in [0.2, 0.25) is 0 Å². The van der Waals surface area contributed by atoms with Crippen molar-refractivity contribution in [1.29, 1.82) is 0 Å². The van der Waals surface area contributed by atoms with Gasteiger partial charge < -0.3 is 4.74 Å². The molecule has 3 rings (SSSR count). The summed E-state index contributed by atoms with van der Waals surface area (Å²) in [6.45, 7) is 3.33. The van der Waals surface area contributed by atoms with Crippen LogP contribution >= 0.6 is 0 Å². The van der Waals surface area contributed by atoms with Crippen LogP contribution in [0.25, 0.3) is 0 Å². The number of likely N-dealkylation sites (tertiary alicyclic amines) is 1. The van der Waals surface area contributed by atoms with Crippen LogP contribution in [0.1, 0.15) is 18.4 Å². The Morgan fingerprint density at radius 1 is 1.24 bits per heavy atom. The van der Waals surface area contributed by atoms with E-state index in [1.54, 1.807) is 0 Å². The highest BCUT2D eigenvalue weighted by atomic mass is 16.5. The standard InChI is InChI=1S/C15H21NO/c1-17-11-14-13-7-8-15(14)16(10-13)9-12-5-3-2-4-6-12/h2-6,13-15H,7-11H2,1H3. The van der Waals surface area contributed by atoms with Gasteiger partial charge in [-0.15, -0.1) is 0 Å². The maximum atomic E-state index is 5.38. The van der Waals surface area contributed by atoms with Gasteiger partial charge in [0, 0.05) is 32.2 Å². The smallest absolute Gasteiger partial charge is 0.0508 e. The molecule has 92 valence electrons. The van der Waals surface area contributed by atoms with Gasteiger partial charge in [-0.05, 0) is 24.3 Å². The van der Waals surface area contributed by atoms with E-state index in [4.69, 9.17) is 4.74 Å². The Morgan fingerprint density at radius 3 is 2.82 bits per heavy atom. The second-order valence-corrected chi connectivity index (χ2v) is 5.44. The highest BCUT2D eigenvalue weighted by Gasteiger charge is 2.46. The van der Waals surface area contributed by atoms with Crippen molar-refractivity contribution in [2.45, 2.75) is 25.4 Å². The monoisotopic (exact) mass is 231 g/mol. The first-order valence-electron chi connectivity index (χ1n) is 6.65. The van der Waals surface area contributed by atoms with Gasteiger partial charge in [0.05, 0.1) is 6.61 Å². The summed E-state index contributed by atoms with van der Waals surface area (Å²) in [5.41, 5.74) is 1.44. The second-order valence-electron chi connectivity index (χ2n) is 5.44. The van der Waals surface area contributed by atoms with Gasteiger partial charge in [0.25, 0.3) is 0 Å². The minimum Gasteiger partial charge on any atom is -0.384 e. The topological polar surface area (TPSA) is 12.5 Å². The SMILES string of the molecule is COCC1C2CCC1N(Cc1ccccc1)C2. The molecule has 2 nitrogen and oxygen atoms in total. The average molecular weight is 231 g/mol. The lowest BCUT2D eigenvalue weighted by Gasteiger charge is -2.27. The Kier molecular flexibility index (Phi) is 3.17. The average Bonchev–Trinajstić information content (AvgIpc) is 2.88. The van der Waals surface area contributed by atoms with E-state index in [2.05, 4.69) is 35.2 Å². The van der Waals surface area contributed by atoms with Crippen molar-refractivity contribution in [1.82, 2.24) is 4.90 Å². The summed E-state index contributed by atoms with van der Waals surface area (Å²) in [6.07, 6.45) is 2.77. The molecule has 1 heterocycles. The molecule has 1 aliphatic heterocycles. The molecule has 1 aliphatic carbocycles. The summed E-state index contributed by atoms with van der Waals surface area (Å²) in [4.78, 5) is 2.66. The van der Waals surface area contributed by atoms with E-state index in [-0.39, 0.29) is 0 Å². The van der Waals surface area contributed by atoms with Crippen molar-refractivity contribution in [2.24, 2.45) is 11.8 Å². The Balaban J connectivity index is 1.67. The van der Waals surface area contributed by atoms with Crippen molar-refractivity contribution in [3.8, 4) is 0 Å². The normalized spacial score (nSPS) is 32.2. The second kappa shape index (κ2) is 4.79. The van der Waals surface area contributed by atoms with Crippen LogP contribution in [0.4, 0.5) is 0 Å². The molecule has 0 spiro atoms. The van der Waals surface area contributed by atoms with E-state index in [9.17, 15) is 0 Å². The number of methoxy groups -OCH3 is 1. The fourth-order valence-corrected chi connectivity index (χ4v) is 3.68. The molecule has 3 unspecified atom stereocenters. The molecule has 2 bridgehead atoms. The molecule has 17 heavy (non-hydrogen) atoms.